The summed E-state index contributed by atoms with van der Waals surface area (Å²) in [5, 5.41) is 0. The Morgan fingerprint density at radius 1 is 1.14 bits per heavy atom. The van der Waals surface area contributed by atoms with Gasteiger partial charge in [-0.3, -0.25) is 0 Å². The molecule has 1 atom stereocenters. The molecule has 2 aromatic carbocycles. The van der Waals surface area contributed by atoms with Crippen molar-refractivity contribution in [3.05, 3.63) is 41.7 Å². The van der Waals surface area contributed by atoms with Crippen molar-refractivity contribution in [3.8, 4) is 28.4 Å². The zero-order valence-corrected chi connectivity index (χ0v) is 12.3. The largest absolute Gasteiger partial charge is 0.493 e. The van der Waals surface area contributed by atoms with Crippen molar-refractivity contribution in [2.75, 3.05) is 14.2 Å². The summed E-state index contributed by atoms with van der Waals surface area (Å²) < 4.78 is 30.5. The Morgan fingerprint density at radius 2 is 1.95 bits per heavy atom. The lowest BCUT2D eigenvalue weighted by atomic mass is 9.99. The fourth-order valence-corrected chi connectivity index (χ4v) is 2.79. The van der Waals surface area contributed by atoms with Crippen LogP contribution < -0.4 is 14.2 Å². The maximum absolute atomic E-state index is 13.9. The molecule has 3 rings (SSSR count). The van der Waals surface area contributed by atoms with Crippen LogP contribution in [0.2, 0.25) is 0 Å². The molecule has 21 heavy (non-hydrogen) atoms. The molecule has 2 aromatic rings. The molecule has 1 heterocycles. The first kappa shape index (κ1) is 13.7. The van der Waals surface area contributed by atoms with Gasteiger partial charge in [0.05, 0.1) is 14.2 Å². The number of para-hydroxylation sites is 1. The second kappa shape index (κ2) is 5.28. The molecular formula is C17H17FO3. The van der Waals surface area contributed by atoms with Crippen molar-refractivity contribution >= 4 is 0 Å². The summed E-state index contributed by atoms with van der Waals surface area (Å²) in [4.78, 5) is 0. The molecule has 0 saturated carbocycles. The van der Waals surface area contributed by atoms with E-state index in [0.717, 1.165) is 16.9 Å². The highest BCUT2D eigenvalue weighted by Gasteiger charge is 2.26. The minimum Gasteiger partial charge on any atom is -0.493 e. The Morgan fingerprint density at radius 3 is 2.67 bits per heavy atom. The van der Waals surface area contributed by atoms with E-state index < -0.39 is 0 Å². The van der Waals surface area contributed by atoms with Gasteiger partial charge in [-0.1, -0.05) is 12.1 Å². The van der Waals surface area contributed by atoms with E-state index in [9.17, 15) is 4.39 Å². The van der Waals surface area contributed by atoms with Crippen molar-refractivity contribution in [2.24, 2.45) is 0 Å². The zero-order valence-electron chi connectivity index (χ0n) is 12.3. The Kier molecular flexibility index (Phi) is 3.45. The van der Waals surface area contributed by atoms with Gasteiger partial charge in [-0.25, -0.2) is 4.39 Å². The number of ether oxygens (including phenoxy) is 3. The molecule has 0 fully saturated rings. The van der Waals surface area contributed by atoms with Crippen LogP contribution in [0.1, 0.15) is 12.5 Å². The lowest BCUT2D eigenvalue weighted by Crippen LogP contribution is -2.05. The highest BCUT2D eigenvalue weighted by Crippen LogP contribution is 2.45. The fraction of sp³-hybridized carbons (Fsp3) is 0.294. The minimum atomic E-state index is -0.272. The lowest BCUT2D eigenvalue weighted by Gasteiger charge is -2.15. The van der Waals surface area contributed by atoms with Gasteiger partial charge in [-0.15, -0.1) is 0 Å². The summed E-state index contributed by atoms with van der Waals surface area (Å²) in [6.45, 7) is 1.98. The Labute approximate surface area is 123 Å². The molecule has 0 radical (unpaired) electrons. The molecule has 1 aliphatic rings. The zero-order chi connectivity index (χ0) is 15.0. The van der Waals surface area contributed by atoms with E-state index in [0.29, 0.717) is 23.5 Å². The summed E-state index contributed by atoms with van der Waals surface area (Å²) in [6.07, 6.45) is 0.768. The van der Waals surface area contributed by atoms with E-state index in [1.165, 1.54) is 12.1 Å². The van der Waals surface area contributed by atoms with Crippen molar-refractivity contribution in [3.63, 3.8) is 0 Å². The molecule has 0 spiro atoms. The number of rotatable bonds is 3. The Bertz CT molecular complexity index is 682. The summed E-state index contributed by atoms with van der Waals surface area (Å²) in [5.41, 5.74) is 2.36. The maximum Gasteiger partial charge on any atom is 0.168 e. The van der Waals surface area contributed by atoms with Crippen molar-refractivity contribution < 1.29 is 18.6 Å². The van der Waals surface area contributed by atoms with Gasteiger partial charge in [0.15, 0.2) is 11.5 Å². The number of fused-ring (bicyclic) bond motifs is 1. The third kappa shape index (κ3) is 2.31. The highest BCUT2D eigenvalue weighted by atomic mass is 19.1. The normalized spacial score (nSPS) is 16.3. The van der Waals surface area contributed by atoms with Crippen molar-refractivity contribution in [1.82, 2.24) is 0 Å². The van der Waals surface area contributed by atoms with Gasteiger partial charge < -0.3 is 14.2 Å². The molecule has 3 nitrogen and oxygen atoms in total. The molecule has 0 N–H and O–H groups in total. The summed E-state index contributed by atoms with van der Waals surface area (Å²) >= 11 is 0. The van der Waals surface area contributed by atoms with Crippen LogP contribution in [0, 0.1) is 5.82 Å². The average molecular weight is 288 g/mol. The van der Waals surface area contributed by atoms with Crippen molar-refractivity contribution in [1.29, 1.82) is 0 Å². The molecule has 0 aromatic heterocycles. The van der Waals surface area contributed by atoms with Gasteiger partial charge in [-0.05, 0) is 25.1 Å². The quantitative estimate of drug-likeness (QED) is 0.859. The smallest absolute Gasteiger partial charge is 0.168 e. The third-order valence-electron chi connectivity index (χ3n) is 3.65. The van der Waals surface area contributed by atoms with Crippen LogP contribution in [0.25, 0.3) is 11.1 Å². The monoisotopic (exact) mass is 288 g/mol. The van der Waals surface area contributed by atoms with Crippen LogP contribution in [0.5, 0.6) is 17.2 Å². The number of halogens is 1. The molecule has 4 heteroatoms. The maximum atomic E-state index is 13.9. The first-order chi connectivity index (χ1) is 10.1. The third-order valence-corrected chi connectivity index (χ3v) is 3.65. The van der Waals surface area contributed by atoms with Crippen LogP contribution in [0.15, 0.2) is 30.3 Å². The van der Waals surface area contributed by atoms with E-state index in [1.54, 1.807) is 14.2 Å². The standard InChI is InChI=1S/C17H17FO3/c1-10-7-11-8-12(18)9-14(16(11)21-10)13-5-4-6-15(19-2)17(13)20-3/h4-6,8-10H,7H2,1-3H3. The van der Waals surface area contributed by atoms with Crippen LogP contribution in [-0.4, -0.2) is 20.3 Å². The van der Waals surface area contributed by atoms with E-state index in [2.05, 4.69) is 0 Å². The van der Waals surface area contributed by atoms with Gasteiger partial charge in [0.2, 0.25) is 0 Å². The molecule has 110 valence electrons. The van der Waals surface area contributed by atoms with Crippen LogP contribution >= 0.6 is 0 Å². The number of methoxy groups -OCH3 is 2. The molecular weight excluding hydrogens is 271 g/mol. The predicted molar refractivity (Wildman–Crippen MR) is 78.7 cm³/mol. The van der Waals surface area contributed by atoms with Gasteiger partial charge in [0, 0.05) is 23.1 Å². The van der Waals surface area contributed by atoms with Gasteiger partial charge in [0.1, 0.15) is 17.7 Å². The second-order valence-corrected chi connectivity index (χ2v) is 5.12. The molecule has 1 unspecified atom stereocenters. The molecule has 0 saturated heterocycles. The SMILES string of the molecule is COc1cccc(-c2cc(F)cc3c2OC(C)C3)c1OC. The lowest BCUT2D eigenvalue weighted by molar-refractivity contribution is 0.255. The summed E-state index contributed by atoms with van der Waals surface area (Å²) in [5.74, 6) is 1.65. The molecule has 1 aliphatic heterocycles. The van der Waals surface area contributed by atoms with E-state index in [4.69, 9.17) is 14.2 Å². The van der Waals surface area contributed by atoms with E-state index in [-0.39, 0.29) is 11.9 Å². The molecule has 0 bridgehead atoms. The van der Waals surface area contributed by atoms with E-state index >= 15 is 0 Å². The average Bonchev–Trinajstić information content (AvgIpc) is 2.85. The summed E-state index contributed by atoms with van der Waals surface area (Å²) in [6, 6.07) is 8.56. The van der Waals surface area contributed by atoms with Gasteiger partial charge in [0.25, 0.3) is 0 Å². The number of hydrogen-bond donors (Lipinski definition) is 0. The first-order valence-electron chi connectivity index (χ1n) is 6.84. The first-order valence-corrected chi connectivity index (χ1v) is 6.84. The van der Waals surface area contributed by atoms with Crippen LogP contribution in [0.3, 0.4) is 0 Å². The fourth-order valence-electron chi connectivity index (χ4n) is 2.79. The van der Waals surface area contributed by atoms with Gasteiger partial charge in [-0.2, -0.15) is 0 Å². The Hall–Kier alpha value is -2.23. The second-order valence-electron chi connectivity index (χ2n) is 5.12. The van der Waals surface area contributed by atoms with Gasteiger partial charge >= 0.3 is 0 Å². The minimum absolute atomic E-state index is 0.0529. The molecule has 0 aliphatic carbocycles. The van der Waals surface area contributed by atoms with Crippen LogP contribution in [-0.2, 0) is 6.42 Å². The number of hydrogen-bond acceptors (Lipinski definition) is 3. The highest BCUT2D eigenvalue weighted by molar-refractivity contribution is 5.80. The van der Waals surface area contributed by atoms with Crippen molar-refractivity contribution in [2.45, 2.75) is 19.4 Å². The Balaban J connectivity index is 2.23. The summed E-state index contributed by atoms with van der Waals surface area (Å²) in [7, 11) is 3.15. The number of benzene rings is 2. The van der Waals surface area contributed by atoms with Crippen LogP contribution in [0.4, 0.5) is 4.39 Å². The topological polar surface area (TPSA) is 27.7 Å². The molecule has 0 amide bonds. The van der Waals surface area contributed by atoms with E-state index in [1.807, 2.05) is 25.1 Å². The predicted octanol–water partition coefficient (Wildman–Crippen LogP) is 3.83.